The van der Waals surface area contributed by atoms with E-state index in [1.165, 1.54) is 5.56 Å². The summed E-state index contributed by atoms with van der Waals surface area (Å²) < 4.78 is 5.62. The van der Waals surface area contributed by atoms with Crippen molar-refractivity contribution in [2.45, 2.75) is 32.9 Å². The third kappa shape index (κ3) is 3.47. The molecule has 0 fully saturated rings. The minimum Gasteiger partial charge on any atom is -0.491 e. The van der Waals surface area contributed by atoms with Crippen molar-refractivity contribution in [2.75, 3.05) is 5.32 Å². The molecule has 0 amide bonds. The lowest BCUT2D eigenvalue weighted by atomic mass is 10.1. The second-order valence-corrected chi connectivity index (χ2v) is 5.33. The Morgan fingerprint density at radius 2 is 1.89 bits per heavy atom. The Morgan fingerprint density at radius 3 is 2.44 bits per heavy atom. The SMILES string of the molecule is CC(C)Oc1ccc(C(C)Nc2nccs2)cc1. The van der Waals surface area contributed by atoms with Crippen LogP contribution in [-0.4, -0.2) is 11.1 Å². The van der Waals surface area contributed by atoms with Crippen LogP contribution in [0.4, 0.5) is 5.13 Å². The van der Waals surface area contributed by atoms with Crippen LogP contribution in [0.5, 0.6) is 5.75 Å². The lowest BCUT2D eigenvalue weighted by molar-refractivity contribution is 0.242. The van der Waals surface area contributed by atoms with Gasteiger partial charge in [0.15, 0.2) is 5.13 Å². The van der Waals surface area contributed by atoms with Crippen molar-refractivity contribution in [1.29, 1.82) is 0 Å². The van der Waals surface area contributed by atoms with Crippen LogP contribution in [0.15, 0.2) is 35.8 Å². The average molecular weight is 262 g/mol. The van der Waals surface area contributed by atoms with Crippen molar-refractivity contribution >= 4 is 16.5 Å². The maximum absolute atomic E-state index is 5.62. The van der Waals surface area contributed by atoms with Crippen LogP contribution in [0.2, 0.25) is 0 Å². The second kappa shape index (κ2) is 5.87. The molecule has 0 aliphatic carbocycles. The standard InChI is InChI=1S/C14H18N2OS/c1-10(2)17-13-6-4-12(5-7-13)11(3)16-14-15-8-9-18-14/h4-11H,1-3H3,(H,15,16). The van der Waals surface area contributed by atoms with E-state index in [-0.39, 0.29) is 12.1 Å². The molecule has 4 heteroatoms. The van der Waals surface area contributed by atoms with Crippen LogP contribution in [-0.2, 0) is 0 Å². The number of anilines is 1. The highest BCUT2D eigenvalue weighted by atomic mass is 32.1. The van der Waals surface area contributed by atoms with Crippen LogP contribution in [0.3, 0.4) is 0 Å². The van der Waals surface area contributed by atoms with Crippen molar-refractivity contribution in [2.24, 2.45) is 0 Å². The van der Waals surface area contributed by atoms with Crippen LogP contribution >= 0.6 is 11.3 Å². The third-order valence-corrected chi connectivity index (χ3v) is 3.23. The highest BCUT2D eigenvalue weighted by Gasteiger charge is 2.07. The van der Waals surface area contributed by atoms with Crippen molar-refractivity contribution in [3.05, 3.63) is 41.4 Å². The molecular weight excluding hydrogens is 244 g/mol. The van der Waals surface area contributed by atoms with Gasteiger partial charge < -0.3 is 10.1 Å². The smallest absolute Gasteiger partial charge is 0.183 e. The Morgan fingerprint density at radius 1 is 1.17 bits per heavy atom. The number of benzene rings is 1. The Kier molecular flexibility index (Phi) is 4.20. The second-order valence-electron chi connectivity index (χ2n) is 4.44. The molecule has 0 aliphatic rings. The van der Waals surface area contributed by atoms with Gasteiger partial charge in [0.2, 0.25) is 0 Å². The van der Waals surface area contributed by atoms with E-state index in [1.807, 2.05) is 31.4 Å². The molecule has 0 radical (unpaired) electrons. The van der Waals surface area contributed by atoms with E-state index >= 15 is 0 Å². The van der Waals surface area contributed by atoms with Crippen molar-refractivity contribution in [1.82, 2.24) is 4.98 Å². The molecule has 0 saturated carbocycles. The number of aromatic nitrogens is 1. The normalized spacial score (nSPS) is 12.4. The molecule has 1 aromatic heterocycles. The fraction of sp³-hybridized carbons (Fsp3) is 0.357. The molecule has 1 atom stereocenters. The third-order valence-electron chi connectivity index (χ3n) is 2.52. The van der Waals surface area contributed by atoms with E-state index in [2.05, 4.69) is 29.4 Å². The van der Waals surface area contributed by atoms with E-state index in [4.69, 9.17) is 4.74 Å². The molecule has 1 unspecified atom stereocenters. The number of thiazole rings is 1. The zero-order valence-electron chi connectivity index (χ0n) is 10.9. The molecule has 96 valence electrons. The lowest BCUT2D eigenvalue weighted by Crippen LogP contribution is -2.07. The maximum Gasteiger partial charge on any atom is 0.183 e. The van der Waals surface area contributed by atoms with Crippen molar-refractivity contribution < 1.29 is 4.74 Å². The summed E-state index contributed by atoms with van der Waals surface area (Å²) in [6.07, 6.45) is 2.01. The maximum atomic E-state index is 5.62. The molecule has 1 heterocycles. The first-order valence-corrected chi connectivity index (χ1v) is 6.96. The topological polar surface area (TPSA) is 34.1 Å². The van der Waals surface area contributed by atoms with Gasteiger partial charge in [0.25, 0.3) is 0 Å². The van der Waals surface area contributed by atoms with Gasteiger partial charge in [-0.1, -0.05) is 12.1 Å². The lowest BCUT2D eigenvalue weighted by Gasteiger charge is -2.15. The van der Waals surface area contributed by atoms with Gasteiger partial charge in [-0.3, -0.25) is 0 Å². The quantitative estimate of drug-likeness (QED) is 0.880. The zero-order chi connectivity index (χ0) is 13.0. The van der Waals surface area contributed by atoms with E-state index in [9.17, 15) is 0 Å². The van der Waals surface area contributed by atoms with Crippen molar-refractivity contribution in [3.8, 4) is 5.75 Å². The molecular formula is C14H18N2OS. The summed E-state index contributed by atoms with van der Waals surface area (Å²) in [5, 5.41) is 6.28. The molecule has 2 aromatic rings. The molecule has 2 rings (SSSR count). The fourth-order valence-electron chi connectivity index (χ4n) is 1.67. The summed E-state index contributed by atoms with van der Waals surface area (Å²) in [7, 11) is 0. The summed E-state index contributed by atoms with van der Waals surface area (Å²) in [5.74, 6) is 0.912. The number of nitrogens with one attached hydrogen (secondary N) is 1. The number of hydrogen-bond donors (Lipinski definition) is 1. The Labute approximate surface area is 112 Å². The van der Waals surface area contributed by atoms with Crippen LogP contribution in [0, 0.1) is 0 Å². The highest BCUT2D eigenvalue weighted by Crippen LogP contribution is 2.23. The monoisotopic (exact) mass is 262 g/mol. The molecule has 0 bridgehead atoms. The number of rotatable bonds is 5. The van der Waals surface area contributed by atoms with E-state index < -0.39 is 0 Å². The van der Waals surface area contributed by atoms with Crippen LogP contribution in [0.1, 0.15) is 32.4 Å². The predicted octanol–water partition coefficient (Wildman–Crippen LogP) is 4.10. The molecule has 0 spiro atoms. The summed E-state index contributed by atoms with van der Waals surface area (Å²) in [6.45, 7) is 6.18. The van der Waals surface area contributed by atoms with Gasteiger partial charge in [-0.05, 0) is 38.5 Å². The van der Waals surface area contributed by atoms with E-state index in [1.54, 1.807) is 17.5 Å². The zero-order valence-corrected chi connectivity index (χ0v) is 11.7. The summed E-state index contributed by atoms with van der Waals surface area (Å²) in [5.41, 5.74) is 1.22. The Bertz CT molecular complexity index is 465. The number of ether oxygens (including phenoxy) is 1. The van der Waals surface area contributed by atoms with Gasteiger partial charge in [0, 0.05) is 11.6 Å². The van der Waals surface area contributed by atoms with Crippen LogP contribution in [0.25, 0.3) is 0 Å². The van der Waals surface area contributed by atoms with Gasteiger partial charge in [0.05, 0.1) is 12.1 Å². The van der Waals surface area contributed by atoms with Gasteiger partial charge in [-0.25, -0.2) is 4.98 Å². The molecule has 18 heavy (non-hydrogen) atoms. The van der Waals surface area contributed by atoms with Crippen molar-refractivity contribution in [3.63, 3.8) is 0 Å². The highest BCUT2D eigenvalue weighted by molar-refractivity contribution is 7.13. The minimum atomic E-state index is 0.210. The molecule has 0 saturated heterocycles. The molecule has 1 N–H and O–H groups in total. The first-order valence-electron chi connectivity index (χ1n) is 6.08. The van der Waals surface area contributed by atoms with E-state index in [0.717, 1.165) is 10.9 Å². The Balaban J connectivity index is 2.00. The largest absolute Gasteiger partial charge is 0.491 e. The summed E-state index contributed by atoms with van der Waals surface area (Å²) in [6, 6.07) is 8.43. The molecule has 0 aliphatic heterocycles. The minimum absolute atomic E-state index is 0.210. The summed E-state index contributed by atoms with van der Waals surface area (Å²) in [4.78, 5) is 4.22. The van der Waals surface area contributed by atoms with Crippen LogP contribution < -0.4 is 10.1 Å². The van der Waals surface area contributed by atoms with Gasteiger partial charge in [0.1, 0.15) is 5.75 Å². The predicted molar refractivity (Wildman–Crippen MR) is 76.4 cm³/mol. The van der Waals surface area contributed by atoms with Gasteiger partial charge >= 0.3 is 0 Å². The average Bonchev–Trinajstić information content (AvgIpc) is 2.82. The molecule has 3 nitrogen and oxygen atoms in total. The number of hydrogen-bond acceptors (Lipinski definition) is 4. The van der Waals surface area contributed by atoms with E-state index in [0.29, 0.717) is 0 Å². The van der Waals surface area contributed by atoms with Gasteiger partial charge in [-0.15, -0.1) is 11.3 Å². The first kappa shape index (κ1) is 12.9. The summed E-state index contributed by atoms with van der Waals surface area (Å²) >= 11 is 1.61. The fourth-order valence-corrected chi connectivity index (χ4v) is 2.29. The molecule has 1 aromatic carbocycles. The first-order chi connectivity index (χ1) is 8.65. The number of nitrogens with zero attached hydrogens (tertiary/aromatic N) is 1. The Hall–Kier alpha value is -1.55. The van der Waals surface area contributed by atoms with Gasteiger partial charge in [-0.2, -0.15) is 0 Å².